The Balaban J connectivity index is 2.22. The van der Waals surface area contributed by atoms with Crippen LogP contribution in [-0.4, -0.2) is 16.3 Å². The van der Waals surface area contributed by atoms with E-state index in [0.29, 0.717) is 10.0 Å². The van der Waals surface area contributed by atoms with Crippen molar-refractivity contribution in [2.45, 2.75) is 45.8 Å². The van der Waals surface area contributed by atoms with Crippen molar-refractivity contribution in [2.24, 2.45) is 0 Å². The molecular weight excluding hydrogens is 379 g/mol. The Bertz CT molecular complexity index is 968. The molecule has 0 unspecified atom stereocenters. The van der Waals surface area contributed by atoms with E-state index in [1.54, 1.807) is 6.07 Å². The first-order valence-electron chi connectivity index (χ1n) is 8.84. The molecule has 4 heteroatoms. The topological polar surface area (TPSA) is 29.5 Å². The van der Waals surface area contributed by atoms with Gasteiger partial charge in [0.15, 0.2) is 0 Å². The highest BCUT2D eigenvalue weighted by molar-refractivity contribution is 6.42. The van der Waals surface area contributed by atoms with Crippen LogP contribution in [0.25, 0.3) is 16.7 Å². The summed E-state index contributed by atoms with van der Waals surface area (Å²) in [5, 5.41) is 12.0. The van der Waals surface area contributed by atoms with Gasteiger partial charge in [0.25, 0.3) is 0 Å². The molecule has 0 atom stereocenters. The maximum atomic E-state index is 11.0. The van der Waals surface area contributed by atoms with Crippen molar-refractivity contribution in [3.8, 4) is 11.1 Å². The lowest BCUT2D eigenvalue weighted by Crippen LogP contribution is -2.44. The minimum atomic E-state index is -0.800. The Labute approximate surface area is 171 Å². The number of benzene rings is 2. The quantitative estimate of drug-likeness (QED) is 0.567. The maximum absolute atomic E-state index is 11.0. The molecule has 0 saturated heterocycles. The highest BCUT2D eigenvalue weighted by Gasteiger charge is 2.43. The first kappa shape index (κ1) is 20.0. The van der Waals surface area contributed by atoms with Crippen LogP contribution in [0.5, 0.6) is 0 Å². The Morgan fingerprint density at radius 2 is 1.48 bits per heavy atom. The molecule has 0 aromatic heterocycles. The van der Waals surface area contributed by atoms with Crippen LogP contribution in [0.4, 0.5) is 0 Å². The van der Waals surface area contributed by atoms with Gasteiger partial charge in [-0.15, -0.1) is 0 Å². The van der Waals surface area contributed by atoms with Gasteiger partial charge < -0.3 is 9.84 Å². The summed E-state index contributed by atoms with van der Waals surface area (Å²) < 4.78 is 6.08. The fraction of sp³-hybridized carbons (Fsp3) is 0.304. The molecule has 1 aliphatic heterocycles. The van der Waals surface area contributed by atoms with Crippen LogP contribution in [0.3, 0.4) is 0 Å². The molecule has 2 nitrogen and oxygen atoms in total. The van der Waals surface area contributed by atoms with Crippen LogP contribution >= 0.6 is 23.2 Å². The van der Waals surface area contributed by atoms with Gasteiger partial charge >= 0.3 is 0 Å². The van der Waals surface area contributed by atoms with Gasteiger partial charge in [-0.3, -0.25) is 0 Å². The molecule has 0 bridgehead atoms. The molecule has 142 valence electrons. The lowest BCUT2D eigenvalue weighted by Gasteiger charge is -2.43. The summed E-state index contributed by atoms with van der Waals surface area (Å²) in [5.41, 5.74) is 4.06. The van der Waals surface area contributed by atoms with Gasteiger partial charge in [-0.1, -0.05) is 48.0 Å². The lowest BCUT2D eigenvalue weighted by molar-refractivity contribution is -0.103. The minimum Gasteiger partial charge on any atom is -0.509 e. The Morgan fingerprint density at radius 3 is 2.11 bits per heavy atom. The molecule has 3 rings (SSSR count). The average molecular weight is 403 g/mol. The molecule has 0 spiro atoms. The summed E-state index contributed by atoms with van der Waals surface area (Å²) in [4.78, 5) is 0. The van der Waals surface area contributed by atoms with Crippen LogP contribution in [0, 0.1) is 6.92 Å². The first-order valence-corrected chi connectivity index (χ1v) is 9.60. The van der Waals surface area contributed by atoms with Gasteiger partial charge in [0.1, 0.15) is 11.4 Å². The van der Waals surface area contributed by atoms with Crippen molar-refractivity contribution in [3.63, 3.8) is 0 Å². The smallest absolute Gasteiger partial charge is 0.132 e. The highest BCUT2D eigenvalue weighted by Crippen LogP contribution is 2.46. The number of rotatable bonds is 2. The largest absolute Gasteiger partial charge is 0.509 e. The number of ether oxygens (including phenoxy) is 1. The number of hydrogen-bond donors (Lipinski definition) is 1. The van der Waals surface area contributed by atoms with Gasteiger partial charge in [-0.05, 0) is 80.6 Å². The second-order valence-electron chi connectivity index (χ2n) is 7.98. The van der Waals surface area contributed by atoms with Crippen molar-refractivity contribution in [1.29, 1.82) is 0 Å². The summed E-state index contributed by atoms with van der Waals surface area (Å²) >= 11 is 12.2. The van der Waals surface area contributed by atoms with Crippen LogP contribution < -0.4 is 0 Å². The average Bonchev–Trinajstić information content (AvgIpc) is 2.57. The van der Waals surface area contributed by atoms with Crippen molar-refractivity contribution >= 4 is 28.8 Å². The molecular formula is C23H24Cl2O2. The van der Waals surface area contributed by atoms with Crippen LogP contribution in [0.1, 0.15) is 38.8 Å². The predicted molar refractivity (Wildman–Crippen MR) is 115 cm³/mol. The van der Waals surface area contributed by atoms with Crippen molar-refractivity contribution in [3.05, 3.63) is 75.5 Å². The van der Waals surface area contributed by atoms with Gasteiger partial charge in [0.2, 0.25) is 0 Å². The van der Waals surface area contributed by atoms with Crippen molar-refractivity contribution < 1.29 is 9.84 Å². The second-order valence-corrected chi connectivity index (χ2v) is 8.80. The van der Waals surface area contributed by atoms with Crippen LogP contribution in [-0.2, 0) is 4.74 Å². The number of aliphatic hydroxyl groups is 1. The Kier molecular flexibility index (Phi) is 4.96. The zero-order valence-corrected chi connectivity index (χ0v) is 17.8. The second kappa shape index (κ2) is 6.70. The van der Waals surface area contributed by atoms with E-state index < -0.39 is 11.2 Å². The fourth-order valence-corrected chi connectivity index (χ4v) is 3.83. The summed E-state index contributed by atoms with van der Waals surface area (Å²) in [6.45, 7) is 13.9. The third kappa shape index (κ3) is 3.54. The Morgan fingerprint density at radius 1 is 0.889 bits per heavy atom. The molecule has 2 aromatic carbocycles. The van der Waals surface area contributed by atoms with Crippen molar-refractivity contribution in [2.75, 3.05) is 0 Å². The fourth-order valence-electron chi connectivity index (χ4n) is 3.53. The predicted octanol–water partition coefficient (Wildman–Crippen LogP) is 7.38. The third-order valence-electron chi connectivity index (χ3n) is 5.11. The van der Waals surface area contributed by atoms with Crippen molar-refractivity contribution in [1.82, 2.24) is 0 Å². The maximum Gasteiger partial charge on any atom is 0.132 e. The van der Waals surface area contributed by atoms with Crippen LogP contribution in [0.2, 0.25) is 10.0 Å². The van der Waals surface area contributed by atoms with Gasteiger partial charge in [0, 0.05) is 5.57 Å². The molecule has 1 aliphatic rings. The minimum absolute atomic E-state index is 0.196. The van der Waals surface area contributed by atoms with E-state index in [0.717, 1.165) is 33.4 Å². The summed E-state index contributed by atoms with van der Waals surface area (Å²) in [6.07, 6.45) is 0. The van der Waals surface area contributed by atoms with E-state index in [2.05, 4.69) is 12.6 Å². The summed E-state index contributed by atoms with van der Waals surface area (Å²) in [5.74, 6) is 0.196. The number of aliphatic hydroxyl groups excluding tert-OH is 1. The third-order valence-corrected chi connectivity index (χ3v) is 5.84. The monoisotopic (exact) mass is 402 g/mol. The molecule has 0 radical (unpaired) electrons. The normalized spacial score (nSPS) is 18.7. The molecule has 0 saturated carbocycles. The molecule has 0 amide bonds. The molecule has 0 fully saturated rings. The van der Waals surface area contributed by atoms with E-state index in [-0.39, 0.29) is 5.76 Å². The van der Waals surface area contributed by atoms with E-state index in [9.17, 15) is 5.11 Å². The van der Waals surface area contributed by atoms with E-state index in [1.807, 2.05) is 58.9 Å². The van der Waals surface area contributed by atoms with Gasteiger partial charge in [0.05, 0.1) is 15.6 Å². The molecule has 27 heavy (non-hydrogen) atoms. The number of aryl methyl sites for hydroxylation is 1. The molecule has 2 aromatic rings. The Hall–Kier alpha value is -1.74. The van der Waals surface area contributed by atoms with E-state index in [4.69, 9.17) is 27.9 Å². The number of hydrogen-bond acceptors (Lipinski definition) is 2. The van der Waals surface area contributed by atoms with Gasteiger partial charge in [-0.25, -0.2) is 0 Å². The lowest BCUT2D eigenvalue weighted by atomic mass is 9.79. The zero-order chi connectivity index (χ0) is 20.1. The molecule has 0 aliphatic carbocycles. The number of halogens is 2. The highest BCUT2D eigenvalue weighted by atomic mass is 35.5. The van der Waals surface area contributed by atoms with Gasteiger partial charge in [-0.2, -0.15) is 0 Å². The molecule has 1 heterocycles. The van der Waals surface area contributed by atoms with E-state index in [1.165, 1.54) is 0 Å². The standard InChI is InChI=1S/C23H24Cl2O2/c1-13-7-8-15(16-9-10-18(24)19(25)12-16)11-17(13)20-14(2)22(3,4)27-23(5,6)21(20)26/h7-12,26H,2H2,1,3-6H3. The molecule has 1 N–H and O–H groups in total. The zero-order valence-electron chi connectivity index (χ0n) is 16.3. The first-order chi connectivity index (χ1) is 12.4. The van der Waals surface area contributed by atoms with Crippen LogP contribution in [0.15, 0.2) is 54.3 Å². The van der Waals surface area contributed by atoms with E-state index >= 15 is 0 Å². The summed E-state index contributed by atoms with van der Waals surface area (Å²) in [7, 11) is 0. The summed E-state index contributed by atoms with van der Waals surface area (Å²) in [6, 6.07) is 11.7. The SMILES string of the molecule is C=C1C(c2cc(-c3ccc(Cl)c(Cl)c3)ccc2C)=C(O)C(C)(C)OC1(C)C.